The SMILES string of the molecule is N/C(=N\N=C\c1c(F)c(F)c(F)c(F)c1F)N/N=C/c1c(F)c(F)c(F)c(F)c1F. The van der Waals surface area contributed by atoms with E-state index in [1.165, 1.54) is 0 Å². The molecule has 0 aliphatic rings. The highest BCUT2D eigenvalue weighted by Gasteiger charge is 2.25. The van der Waals surface area contributed by atoms with Crippen LogP contribution in [0.15, 0.2) is 15.3 Å². The average molecular weight is 445 g/mol. The van der Waals surface area contributed by atoms with Gasteiger partial charge in [0.25, 0.3) is 0 Å². The lowest BCUT2D eigenvalue weighted by molar-refractivity contribution is 0.377. The third-order valence-electron chi connectivity index (χ3n) is 3.21. The zero-order valence-corrected chi connectivity index (χ0v) is 13.9. The minimum absolute atomic E-state index is 0.110. The summed E-state index contributed by atoms with van der Waals surface area (Å²) < 4.78 is 131. The van der Waals surface area contributed by atoms with Crippen LogP contribution >= 0.6 is 0 Å². The van der Waals surface area contributed by atoms with E-state index in [2.05, 4.69) is 15.3 Å². The van der Waals surface area contributed by atoms with Crippen molar-refractivity contribution in [1.29, 1.82) is 0 Å². The second-order valence-electron chi connectivity index (χ2n) is 5.07. The first-order valence-electron chi connectivity index (χ1n) is 7.17. The molecule has 0 amide bonds. The summed E-state index contributed by atoms with van der Waals surface area (Å²) in [4.78, 5) is 0. The summed E-state index contributed by atoms with van der Waals surface area (Å²) in [6.45, 7) is 0. The van der Waals surface area contributed by atoms with Crippen molar-refractivity contribution < 1.29 is 43.9 Å². The van der Waals surface area contributed by atoms with E-state index in [0.29, 0.717) is 0 Å². The molecule has 0 saturated carbocycles. The maximum Gasteiger partial charge on any atom is 0.234 e. The predicted molar refractivity (Wildman–Crippen MR) is 82.4 cm³/mol. The first-order valence-corrected chi connectivity index (χ1v) is 7.17. The van der Waals surface area contributed by atoms with Gasteiger partial charge in [-0.15, -0.1) is 5.10 Å². The van der Waals surface area contributed by atoms with Crippen LogP contribution in [0.25, 0.3) is 0 Å². The Morgan fingerprint density at radius 2 is 0.900 bits per heavy atom. The van der Waals surface area contributed by atoms with E-state index in [1.54, 1.807) is 5.43 Å². The first-order chi connectivity index (χ1) is 14.0. The zero-order valence-electron chi connectivity index (χ0n) is 13.9. The number of nitrogens with two attached hydrogens (primary N) is 1. The molecule has 0 atom stereocenters. The minimum atomic E-state index is -2.39. The van der Waals surface area contributed by atoms with Gasteiger partial charge < -0.3 is 5.73 Å². The molecule has 0 unspecified atom stereocenters. The van der Waals surface area contributed by atoms with Crippen LogP contribution in [0.4, 0.5) is 43.9 Å². The molecule has 0 fully saturated rings. The number of guanidine groups is 1. The average Bonchev–Trinajstić information content (AvgIpc) is 2.72. The molecule has 0 bridgehead atoms. The summed E-state index contributed by atoms with van der Waals surface area (Å²) in [6, 6.07) is 0. The molecular weight excluding hydrogens is 440 g/mol. The van der Waals surface area contributed by atoms with Crippen LogP contribution in [0.3, 0.4) is 0 Å². The van der Waals surface area contributed by atoms with Gasteiger partial charge >= 0.3 is 0 Å². The molecule has 5 nitrogen and oxygen atoms in total. The Bertz CT molecular complexity index is 1040. The van der Waals surface area contributed by atoms with Crippen LogP contribution in [-0.4, -0.2) is 18.4 Å². The van der Waals surface area contributed by atoms with Crippen LogP contribution in [0.5, 0.6) is 0 Å². The summed E-state index contributed by atoms with van der Waals surface area (Å²) in [5.74, 6) is -23.4. The molecule has 0 saturated heterocycles. The highest BCUT2D eigenvalue weighted by atomic mass is 19.2. The van der Waals surface area contributed by atoms with Gasteiger partial charge in [-0.05, 0) is 0 Å². The van der Waals surface area contributed by atoms with Crippen molar-refractivity contribution in [3.8, 4) is 0 Å². The Hall–Kier alpha value is -3.65. The lowest BCUT2D eigenvalue weighted by atomic mass is 10.2. The lowest BCUT2D eigenvalue weighted by Gasteiger charge is -2.04. The first kappa shape index (κ1) is 22.6. The van der Waals surface area contributed by atoms with E-state index in [-0.39, 0.29) is 12.4 Å². The second-order valence-corrected chi connectivity index (χ2v) is 5.07. The summed E-state index contributed by atoms with van der Waals surface area (Å²) in [7, 11) is 0. The number of hydrogen-bond donors (Lipinski definition) is 2. The van der Waals surface area contributed by atoms with Crippen molar-refractivity contribution in [1.82, 2.24) is 5.43 Å². The summed E-state index contributed by atoms with van der Waals surface area (Å²) in [5, 5.41) is 8.92. The molecule has 3 N–H and O–H groups in total. The Morgan fingerprint density at radius 3 is 1.30 bits per heavy atom. The van der Waals surface area contributed by atoms with Gasteiger partial charge in [-0.1, -0.05) is 0 Å². The van der Waals surface area contributed by atoms with E-state index in [1.807, 2.05) is 0 Å². The molecule has 0 radical (unpaired) electrons. The van der Waals surface area contributed by atoms with E-state index in [0.717, 1.165) is 0 Å². The zero-order chi connectivity index (χ0) is 22.7. The lowest BCUT2D eigenvalue weighted by Crippen LogP contribution is -2.27. The molecule has 2 aromatic rings. The maximum atomic E-state index is 13.4. The number of hydrazone groups is 1. The van der Waals surface area contributed by atoms with E-state index in [9.17, 15) is 43.9 Å². The Balaban J connectivity index is 2.21. The molecule has 0 aromatic heterocycles. The van der Waals surface area contributed by atoms with E-state index in [4.69, 9.17) is 5.73 Å². The number of nitrogens with zero attached hydrogens (tertiary/aromatic N) is 3. The molecular formula is C15H5F10N5. The molecule has 0 aliphatic carbocycles. The number of benzene rings is 2. The van der Waals surface area contributed by atoms with Crippen molar-refractivity contribution in [2.24, 2.45) is 21.0 Å². The van der Waals surface area contributed by atoms with Crippen molar-refractivity contribution >= 4 is 18.4 Å². The van der Waals surface area contributed by atoms with Gasteiger partial charge in [-0.2, -0.15) is 10.2 Å². The predicted octanol–water partition coefficient (Wildman–Crippen LogP) is 3.35. The molecule has 0 heterocycles. The standard InChI is InChI=1S/C15H5F10N5/c16-5-3(6(17)10(21)13(24)9(5)20)1-27-29-15(26)30-28-2-4-7(18)11(22)14(25)12(23)8(4)19/h1-2H,(H3,26,29,30)/b27-1+,28-2+. The van der Waals surface area contributed by atoms with Gasteiger partial charge in [-0.25, -0.2) is 49.3 Å². The van der Waals surface area contributed by atoms with Gasteiger partial charge in [0.15, 0.2) is 46.5 Å². The van der Waals surface area contributed by atoms with E-state index < -0.39 is 75.3 Å². The number of halogens is 10. The third-order valence-corrected chi connectivity index (χ3v) is 3.21. The van der Waals surface area contributed by atoms with Crippen molar-refractivity contribution in [3.63, 3.8) is 0 Å². The number of nitrogens with one attached hydrogen (secondary N) is 1. The Labute approximate surface area is 159 Å². The van der Waals surface area contributed by atoms with Crippen molar-refractivity contribution in [2.45, 2.75) is 0 Å². The smallest absolute Gasteiger partial charge is 0.234 e. The largest absolute Gasteiger partial charge is 0.367 e. The molecule has 15 heteroatoms. The molecule has 2 aromatic carbocycles. The van der Waals surface area contributed by atoms with Crippen LogP contribution in [0.2, 0.25) is 0 Å². The molecule has 0 spiro atoms. The second kappa shape index (κ2) is 8.79. The monoisotopic (exact) mass is 445 g/mol. The molecule has 160 valence electrons. The van der Waals surface area contributed by atoms with E-state index >= 15 is 0 Å². The van der Waals surface area contributed by atoms with Crippen LogP contribution in [0.1, 0.15) is 11.1 Å². The maximum absolute atomic E-state index is 13.4. The third kappa shape index (κ3) is 4.18. The molecule has 30 heavy (non-hydrogen) atoms. The summed E-state index contributed by atoms with van der Waals surface area (Å²) >= 11 is 0. The topological polar surface area (TPSA) is 75.1 Å². The number of rotatable bonds is 4. The molecule has 0 aliphatic heterocycles. The van der Waals surface area contributed by atoms with Crippen molar-refractivity contribution in [3.05, 3.63) is 69.3 Å². The minimum Gasteiger partial charge on any atom is -0.367 e. The fourth-order valence-corrected chi connectivity index (χ4v) is 1.80. The van der Waals surface area contributed by atoms with Gasteiger partial charge in [0, 0.05) is 0 Å². The molecule has 2 rings (SSSR count). The van der Waals surface area contributed by atoms with Gasteiger partial charge in [0.2, 0.25) is 17.6 Å². The van der Waals surface area contributed by atoms with Crippen LogP contribution < -0.4 is 11.2 Å². The normalized spacial score (nSPS) is 12.4. The highest BCUT2D eigenvalue weighted by Crippen LogP contribution is 2.22. The quantitative estimate of drug-likeness (QED) is 0.189. The van der Waals surface area contributed by atoms with Crippen LogP contribution in [-0.2, 0) is 0 Å². The Kier molecular flexibility index (Phi) is 6.63. The van der Waals surface area contributed by atoms with Gasteiger partial charge in [0.05, 0.1) is 23.6 Å². The Morgan fingerprint density at radius 1 is 0.567 bits per heavy atom. The van der Waals surface area contributed by atoms with Gasteiger partial charge in [0.1, 0.15) is 0 Å². The van der Waals surface area contributed by atoms with Crippen LogP contribution in [0, 0.1) is 58.2 Å². The summed E-state index contributed by atoms with van der Waals surface area (Å²) in [5.41, 5.74) is 3.96. The highest BCUT2D eigenvalue weighted by molar-refractivity contribution is 5.85. The summed E-state index contributed by atoms with van der Waals surface area (Å²) in [6.07, 6.45) is 0.255. The number of hydrogen-bond acceptors (Lipinski definition) is 3. The fourth-order valence-electron chi connectivity index (χ4n) is 1.80. The van der Waals surface area contributed by atoms with Gasteiger partial charge in [-0.3, -0.25) is 0 Å². The fraction of sp³-hybridized carbons (Fsp3) is 0. The van der Waals surface area contributed by atoms with Crippen molar-refractivity contribution in [2.75, 3.05) is 0 Å².